The van der Waals surface area contributed by atoms with Crippen LogP contribution in [0.15, 0.2) is 6.07 Å². The quantitative estimate of drug-likeness (QED) is 0.789. The summed E-state index contributed by atoms with van der Waals surface area (Å²) in [4.78, 5) is 23.0. The Morgan fingerprint density at radius 1 is 1.15 bits per heavy atom. The Hall–Kier alpha value is -1.49. The van der Waals surface area contributed by atoms with Crippen molar-refractivity contribution in [2.75, 3.05) is 13.1 Å². The standard InChI is InChI=1S/C15H23N3O2/c1-10-7-12(17-11(2)16-10)13(19)18-8-14(3,4)20-15(5,6)9-18/h7H,8-9H2,1-6H3. The maximum atomic E-state index is 12.7. The molecule has 1 fully saturated rings. The van der Waals surface area contributed by atoms with Gasteiger partial charge in [-0.05, 0) is 47.6 Å². The summed E-state index contributed by atoms with van der Waals surface area (Å²) in [6, 6.07) is 1.74. The molecular formula is C15H23N3O2. The fourth-order valence-corrected chi connectivity index (χ4v) is 2.92. The average molecular weight is 277 g/mol. The van der Waals surface area contributed by atoms with E-state index in [4.69, 9.17) is 4.74 Å². The molecule has 0 spiro atoms. The number of amides is 1. The topological polar surface area (TPSA) is 55.3 Å². The Balaban J connectivity index is 2.28. The van der Waals surface area contributed by atoms with E-state index in [1.54, 1.807) is 13.0 Å². The van der Waals surface area contributed by atoms with Crippen molar-refractivity contribution in [2.24, 2.45) is 0 Å². The van der Waals surface area contributed by atoms with Crippen LogP contribution in [-0.4, -0.2) is 45.1 Å². The third kappa shape index (κ3) is 3.33. The van der Waals surface area contributed by atoms with Gasteiger partial charge in [-0.15, -0.1) is 0 Å². The van der Waals surface area contributed by atoms with Crippen molar-refractivity contribution >= 4 is 5.91 Å². The Kier molecular flexibility index (Phi) is 3.58. The molecule has 1 aliphatic rings. The molecule has 0 saturated carbocycles. The summed E-state index contributed by atoms with van der Waals surface area (Å²) in [5, 5.41) is 0. The molecule has 1 aromatic rings. The molecule has 0 unspecified atom stereocenters. The van der Waals surface area contributed by atoms with E-state index in [1.807, 2.05) is 39.5 Å². The van der Waals surface area contributed by atoms with E-state index in [0.717, 1.165) is 5.69 Å². The van der Waals surface area contributed by atoms with Gasteiger partial charge in [0.1, 0.15) is 11.5 Å². The van der Waals surface area contributed by atoms with Gasteiger partial charge >= 0.3 is 0 Å². The molecule has 2 rings (SSSR count). The summed E-state index contributed by atoms with van der Waals surface area (Å²) >= 11 is 0. The monoisotopic (exact) mass is 277 g/mol. The molecule has 0 N–H and O–H groups in total. The van der Waals surface area contributed by atoms with Crippen molar-refractivity contribution in [3.8, 4) is 0 Å². The smallest absolute Gasteiger partial charge is 0.272 e. The van der Waals surface area contributed by atoms with Crippen molar-refractivity contribution in [2.45, 2.75) is 52.7 Å². The Morgan fingerprint density at radius 2 is 1.70 bits per heavy atom. The number of hydrogen-bond acceptors (Lipinski definition) is 4. The zero-order valence-corrected chi connectivity index (χ0v) is 13.1. The van der Waals surface area contributed by atoms with Crippen LogP contribution in [0.3, 0.4) is 0 Å². The minimum Gasteiger partial charge on any atom is -0.366 e. The number of aromatic nitrogens is 2. The van der Waals surface area contributed by atoms with Gasteiger partial charge in [0.25, 0.3) is 5.91 Å². The maximum absolute atomic E-state index is 12.7. The van der Waals surface area contributed by atoms with Crippen molar-refractivity contribution in [1.29, 1.82) is 0 Å². The van der Waals surface area contributed by atoms with E-state index in [-0.39, 0.29) is 17.1 Å². The fourth-order valence-electron chi connectivity index (χ4n) is 2.92. The molecule has 1 amide bonds. The van der Waals surface area contributed by atoms with E-state index in [2.05, 4.69) is 9.97 Å². The van der Waals surface area contributed by atoms with Crippen molar-refractivity contribution in [3.63, 3.8) is 0 Å². The molecule has 20 heavy (non-hydrogen) atoms. The van der Waals surface area contributed by atoms with Crippen LogP contribution in [0.25, 0.3) is 0 Å². The van der Waals surface area contributed by atoms with Gasteiger partial charge in [0, 0.05) is 18.8 Å². The normalized spacial score (nSPS) is 20.8. The Labute approximate surface area is 120 Å². The molecule has 1 aliphatic heterocycles. The highest BCUT2D eigenvalue weighted by atomic mass is 16.5. The predicted molar refractivity (Wildman–Crippen MR) is 76.7 cm³/mol. The zero-order chi connectivity index (χ0) is 15.1. The molecule has 0 radical (unpaired) electrons. The fraction of sp³-hybridized carbons (Fsp3) is 0.667. The number of rotatable bonds is 1. The van der Waals surface area contributed by atoms with Crippen LogP contribution < -0.4 is 0 Å². The number of hydrogen-bond donors (Lipinski definition) is 0. The van der Waals surface area contributed by atoms with E-state index in [1.165, 1.54) is 0 Å². The van der Waals surface area contributed by atoms with E-state index in [0.29, 0.717) is 24.6 Å². The lowest BCUT2D eigenvalue weighted by atomic mass is 9.98. The van der Waals surface area contributed by atoms with Gasteiger partial charge in [0.2, 0.25) is 0 Å². The molecule has 0 aromatic carbocycles. The maximum Gasteiger partial charge on any atom is 0.272 e. The van der Waals surface area contributed by atoms with Gasteiger partial charge in [-0.3, -0.25) is 4.79 Å². The number of ether oxygens (including phenoxy) is 1. The second-order valence-electron chi connectivity index (χ2n) is 6.72. The SMILES string of the molecule is Cc1cc(C(=O)N2CC(C)(C)OC(C)(C)C2)nc(C)n1. The Morgan fingerprint density at radius 3 is 2.20 bits per heavy atom. The first-order chi connectivity index (χ1) is 9.08. The van der Waals surface area contributed by atoms with Crippen molar-refractivity contribution in [3.05, 3.63) is 23.3 Å². The number of aryl methyl sites for hydroxylation is 2. The molecule has 110 valence electrons. The first kappa shape index (κ1) is 14.9. The Bertz CT molecular complexity index is 502. The molecule has 1 aromatic heterocycles. The van der Waals surface area contributed by atoms with Gasteiger partial charge in [-0.1, -0.05) is 0 Å². The van der Waals surface area contributed by atoms with Crippen molar-refractivity contribution < 1.29 is 9.53 Å². The second kappa shape index (κ2) is 4.81. The largest absolute Gasteiger partial charge is 0.366 e. The highest BCUT2D eigenvalue weighted by molar-refractivity contribution is 5.92. The first-order valence-electron chi connectivity index (χ1n) is 6.90. The van der Waals surface area contributed by atoms with Crippen LogP contribution in [-0.2, 0) is 4.74 Å². The summed E-state index contributed by atoms with van der Waals surface area (Å²) < 4.78 is 6.00. The number of morpholine rings is 1. The average Bonchev–Trinajstić information content (AvgIpc) is 2.22. The number of nitrogens with zero attached hydrogens (tertiary/aromatic N) is 3. The molecule has 5 heteroatoms. The summed E-state index contributed by atoms with van der Waals surface area (Å²) in [6.07, 6.45) is 0. The van der Waals surface area contributed by atoms with Gasteiger partial charge in [0.05, 0.1) is 11.2 Å². The molecule has 2 heterocycles. The predicted octanol–water partition coefficient (Wildman–Crippen LogP) is 2.12. The van der Waals surface area contributed by atoms with Gasteiger partial charge in [-0.25, -0.2) is 9.97 Å². The van der Waals surface area contributed by atoms with Crippen molar-refractivity contribution in [1.82, 2.24) is 14.9 Å². The highest BCUT2D eigenvalue weighted by Gasteiger charge is 2.40. The lowest BCUT2D eigenvalue weighted by molar-refractivity contribution is -0.171. The van der Waals surface area contributed by atoms with Crippen LogP contribution in [0.2, 0.25) is 0 Å². The lowest BCUT2D eigenvalue weighted by Crippen LogP contribution is -2.58. The zero-order valence-electron chi connectivity index (χ0n) is 13.1. The van der Waals surface area contributed by atoms with Gasteiger partial charge in [-0.2, -0.15) is 0 Å². The van der Waals surface area contributed by atoms with Crippen LogP contribution in [0, 0.1) is 13.8 Å². The van der Waals surface area contributed by atoms with Crippen LogP contribution >= 0.6 is 0 Å². The minimum absolute atomic E-state index is 0.0527. The highest BCUT2D eigenvalue weighted by Crippen LogP contribution is 2.28. The molecular weight excluding hydrogens is 254 g/mol. The molecule has 5 nitrogen and oxygen atoms in total. The van der Waals surface area contributed by atoms with Gasteiger partial charge < -0.3 is 9.64 Å². The summed E-state index contributed by atoms with van der Waals surface area (Å²) in [6.45, 7) is 12.8. The third-order valence-electron chi connectivity index (χ3n) is 3.17. The van der Waals surface area contributed by atoms with E-state index >= 15 is 0 Å². The molecule has 0 bridgehead atoms. The van der Waals surface area contributed by atoms with Crippen LogP contribution in [0.5, 0.6) is 0 Å². The van der Waals surface area contributed by atoms with Crippen LogP contribution in [0.4, 0.5) is 0 Å². The molecule has 0 atom stereocenters. The van der Waals surface area contributed by atoms with Gasteiger partial charge in [0.15, 0.2) is 0 Å². The lowest BCUT2D eigenvalue weighted by Gasteiger charge is -2.47. The third-order valence-corrected chi connectivity index (χ3v) is 3.17. The molecule has 1 saturated heterocycles. The summed E-state index contributed by atoms with van der Waals surface area (Å²) in [5.74, 6) is 0.572. The van der Waals surface area contributed by atoms with E-state index < -0.39 is 0 Å². The summed E-state index contributed by atoms with van der Waals surface area (Å²) in [5.41, 5.74) is 0.569. The minimum atomic E-state index is -0.353. The van der Waals surface area contributed by atoms with E-state index in [9.17, 15) is 4.79 Å². The number of carbonyl (C=O) groups is 1. The van der Waals surface area contributed by atoms with Crippen LogP contribution in [0.1, 0.15) is 49.7 Å². The summed E-state index contributed by atoms with van der Waals surface area (Å²) in [7, 11) is 0. The molecule has 0 aliphatic carbocycles. The second-order valence-corrected chi connectivity index (χ2v) is 6.72. The number of carbonyl (C=O) groups excluding carboxylic acids is 1. The first-order valence-corrected chi connectivity index (χ1v) is 6.90.